The number of hydrogen-bond acceptors (Lipinski definition) is 0. The van der Waals surface area contributed by atoms with Crippen molar-refractivity contribution in [2.45, 2.75) is 0 Å². The molecule has 1 aliphatic rings. The molecule has 0 spiro atoms. The van der Waals surface area contributed by atoms with Gasteiger partial charge in [0, 0.05) is 17.4 Å². The van der Waals surface area contributed by atoms with Crippen molar-refractivity contribution >= 4 is 97.7 Å². The Balaban J connectivity index is 0.00000144. The summed E-state index contributed by atoms with van der Waals surface area (Å²) in [7, 11) is 0. The molecule has 13 heavy (non-hydrogen) atoms. The van der Waals surface area contributed by atoms with Crippen molar-refractivity contribution in [1.82, 2.24) is 0 Å². The molecular formula is AlB12. The van der Waals surface area contributed by atoms with E-state index in [1.165, 1.54) is 0 Å². The molecule has 0 amide bonds. The molecule has 3 radical (unpaired) electrons. The molecule has 0 N–H and O–H groups in total. The maximum atomic E-state index is 2.00. The van der Waals surface area contributed by atoms with Gasteiger partial charge < -0.3 is 0 Å². The van der Waals surface area contributed by atoms with Crippen LogP contribution in [0.2, 0.25) is 0 Å². The van der Waals surface area contributed by atoms with E-state index in [9.17, 15) is 0 Å². The number of hydrogen-bond donors (Lipinski definition) is 0. The topological polar surface area (TPSA) is 0 Å². The fourth-order valence-corrected chi connectivity index (χ4v) is 0.770. The molecule has 39 valence electrons. The van der Waals surface area contributed by atoms with Crippen LogP contribution in [0.1, 0.15) is 0 Å². The van der Waals surface area contributed by atoms with Gasteiger partial charge in [0.05, 0.1) is 0 Å². The average molecular weight is 157 g/mol. The molecule has 0 aromatic rings. The molecule has 0 saturated heterocycles. The van der Waals surface area contributed by atoms with E-state index in [4.69, 9.17) is 0 Å². The first-order valence-corrected chi connectivity index (χ1v) is 4.00. The van der Waals surface area contributed by atoms with Crippen molar-refractivity contribution in [3.8, 4) is 0 Å². The fourth-order valence-electron chi connectivity index (χ4n) is 0.770. The summed E-state index contributed by atoms with van der Waals surface area (Å²) in [5.41, 5.74) is 0. The molecule has 0 aromatic heterocycles. The molecule has 13 heteroatoms. The summed E-state index contributed by atoms with van der Waals surface area (Å²) in [5, 5.41) is 0. The van der Waals surface area contributed by atoms with Crippen LogP contribution in [0.25, 0.3) is 0 Å². The SMILES string of the molecule is B1=BB=BB=BB=BB=BB=B1.[Al]. The van der Waals surface area contributed by atoms with Crippen LogP contribution in [0.4, 0.5) is 0 Å². The summed E-state index contributed by atoms with van der Waals surface area (Å²) < 4.78 is 0. The Labute approximate surface area is 97.5 Å². The summed E-state index contributed by atoms with van der Waals surface area (Å²) in [6, 6.07) is 0. The van der Waals surface area contributed by atoms with Gasteiger partial charge in [-0.25, -0.2) is 0 Å². The van der Waals surface area contributed by atoms with E-state index in [0.717, 1.165) is 0 Å². The molecular weight excluding hydrogens is 157 g/mol. The minimum absolute atomic E-state index is 0. The van der Waals surface area contributed by atoms with Gasteiger partial charge in [-0.3, -0.25) is 0 Å². The van der Waals surface area contributed by atoms with Crippen LogP contribution >= 0.6 is 0 Å². The Morgan fingerprint density at radius 3 is 0.385 bits per heavy atom. The van der Waals surface area contributed by atoms with Gasteiger partial charge in [0.15, 0.2) is 0 Å². The van der Waals surface area contributed by atoms with E-state index >= 15 is 0 Å². The molecule has 0 atom stereocenters. The zero-order valence-corrected chi connectivity index (χ0v) is 8.66. The van der Waals surface area contributed by atoms with Crippen LogP contribution in [-0.4, -0.2) is 97.7 Å². The third kappa shape index (κ3) is 9.61. The first kappa shape index (κ1) is 14.3. The third-order valence-electron chi connectivity index (χ3n) is 1.33. The molecule has 0 fully saturated rings. The van der Waals surface area contributed by atoms with Crippen molar-refractivity contribution in [1.29, 1.82) is 0 Å². The molecule has 0 aliphatic carbocycles. The smallest absolute Gasteiger partial charge is 0 e. The quantitative estimate of drug-likeness (QED) is 0.309. The summed E-state index contributed by atoms with van der Waals surface area (Å²) in [5.74, 6) is 0. The largest absolute Gasteiger partial charge is 0 e. The van der Waals surface area contributed by atoms with Crippen LogP contribution in [0, 0.1) is 0 Å². The minimum Gasteiger partial charge on any atom is 0 e. The number of rotatable bonds is 0. The Hall–Kier alpha value is 1.31. The second-order valence-corrected chi connectivity index (χ2v) is 2.31. The summed E-state index contributed by atoms with van der Waals surface area (Å²) in [6.45, 7) is 24.0. The summed E-state index contributed by atoms with van der Waals surface area (Å²) in [4.78, 5) is 0. The molecule has 1 aliphatic heterocycles. The van der Waals surface area contributed by atoms with Crippen molar-refractivity contribution in [3.63, 3.8) is 0 Å². The Morgan fingerprint density at radius 2 is 0.308 bits per heavy atom. The maximum absolute atomic E-state index is 2.00. The van der Waals surface area contributed by atoms with Gasteiger partial charge in [-0.1, -0.05) is 0 Å². The second kappa shape index (κ2) is 11.4. The predicted octanol–water partition coefficient (Wildman–Crippen LogP) is -4.95. The molecule has 1 rings (SSSR count). The van der Waals surface area contributed by atoms with Crippen LogP contribution in [0.3, 0.4) is 0 Å². The van der Waals surface area contributed by atoms with Crippen LogP contribution in [-0.2, 0) is 0 Å². The standard InChI is InChI=1S/Al.B12/c;1-2-4-6-8-10-12-11-9-7-5-3-1. The van der Waals surface area contributed by atoms with Crippen molar-refractivity contribution in [2.24, 2.45) is 0 Å². The van der Waals surface area contributed by atoms with Gasteiger partial charge in [0.2, 0.25) is 0 Å². The monoisotopic (exact) mass is 159 g/mol. The first-order chi connectivity index (χ1) is 6.00. The van der Waals surface area contributed by atoms with Crippen LogP contribution < -0.4 is 0 Å². The van der Waals surface area contributed by atoms with Gasteiger partial charge in [-0.05, 0) is 0 Å². The molecule has 0 saturated carbocycles. The van der Waals surface area contributed by atoms with E-state index in [-0.39, 0.29) is 17.4 Å². The normalized spacial score (nSPS) is 7.38. The zero-order chi connectivity index (χ0) is 8.49. The third-order valence-corrected chi connectivity index (χ3v) is 1.33. The van der Waals surface area contributed by atoms with Crippen LogP contribution in [0.15, 0.2) is 0 Å². The van der Waals surface area contributed by atoms with Crippen molar-refractivity contribution in [2.75, 3.05) is 0 Å². The van der Waals surface area contributed by atoms with Crippen LogP contribution in [0.5, 0.6) is 0 Å². The average Bonchev–Trinajstić information content (AvgIpc) is 2.05. The predicted molar refractivity (Wildman–Crippen MR) is 74.8 cm³/mol. The van der Waals surface area contributed by atoms with Gasteiger partial charge in [0.1, 0.15) is 0 Å². The zero-order valence-electron chi connectivity index (χ0n) is 7.51. The summed E-state index contributed by atoms with van der Waals surface area (Å²) in [6.07, 6.45) is 0. The van der Waals surface area contributed by atoms with E-state index in [1.807, 2.05) is 80.3 Å². The van der Waals surface area contributed by atoms with E-state index in [0.29, 0.717) is 0 Å². The van der Waals surface area contributed by atoms with E-state index in [1.54, 1.807) is 0 Å². The van der Waals surface area contributed by atoms with Gasteiger partial charge in [-0.2, -0.15) is 0 Å². The Bertz CT molecular complexity index is 174. The second-order valence-electron chi connectivity index (χ2n) is 2.31. The van der Waals surface area contributed by atoms with E-state index < -0.39 is 0 Å². The van der Waals surface area contributed by atoms with Crippen molar-refractivity contribution < 1.29 is 0 Å². The Kier molecular flexibility index (Phi) is 12.5. The molecule has 0 aromatic carbocycles. The molecule has 0 nitrogen and oxygen atoms in total. The van der Waals surface area contributed by atoms with Crippen molar-refractivity contribution in [3.05, 3.63) is 0 Å². The maximum Gasteiger partial charge on any atom is 0 e. The fraction of sp³-hybridized carbons (Fsp3) is 0. The minimum atomic E-state index is 0. The Morgan fingerprint density at radius 1 is 0.231 bits per heavy atom. The molecule has 0 bridgehead atoms. The van der Waals surface area contributed by atoms with E-state index in [2.05, 4.69) is 0 Å². The van der Waals surface area contributed by atoms with Gasteiger partial charge in [-0.15, -0.1) is 0 Å². The molecule has 0 unspecified atom stereocenters. The molecule has 1 heterocycles. The van der Waals surface area contributed by atoms with Gasteiger partial charge >= 0.3 is 80.3 Å². The first-order valence-electron chi connectivity index (χ1n) is 4.00. The summed E-state index contributed by atoms with van der Waals surface area (Å²) >= 11 is 0. The van der Waals surface area contributed by atoms with Gasteiger partial charge in [0.25, 0.3) is 0 Å².